The number of piperidine rings is 1. The highest BCUT2D eigenvalue weighted by Gasteiger charge is 2.31. The van der Waals surface area contributed by atoms with Gasteiger partial charge in [0.05, 0.1) is 5.75 Å². The fourth-order valence-electron chi connectivity index (χ4n) is 3.15. The lowest BCUT2D eigenvalue weighted by molar-refractivity contribution is -0.120. The van der Waals surface area contributed by atoms with Crippen molar-refractivity contribution in [3.63, 3.8) is 0 Å². The quantitative estimate of drug-likeness (QED) is 0.877. The minimum Gasteiger partial charge on any atom is -0.326 e. The molecule has 26 heavy (non-hydrogen) atoms. The van der Waals surface area contributed by atoms with Gasteiger partial charge in [0, 0.05) is 24.7 Å². The molecular formula is C20H24N2O3S. The fraction of sp³-hybridized carbons (Fsp3) is 0.350. The highest BCUT2D eigenvalue weighted by Crippen LogP contribution is 2.23. The Kier molecular flexibility index (Phi) is 5.74. The molecule has 0 saturated carbocycles. The van der Waals surface area contributed by atoms with Crippen LogP contribution in [0.4, 0.5) is 5.69 Å². The van der Waals surface area contributed by atoms with E-state index in [2.05, 4.69) is 5.32 Å². The number of amides is 1. The van der Waals surface area contributed by atoms with Crippen molar-refractivity contribution < 1.29 is 13.2 Å². The third-order valence-corrected chi connectivity index (χ3v) is 6.58. The molecule has 1 amide bonds. The van der Waals surface area contributed by atoms with Crippen molar-refractivity contribution in [3.05, 3.63) is 65.7 Å². The van der Waals surface area contributed by atoms with Gasteiger partial charge in [-0.05, 0) is 37.5 Å². The number of carbonyl (C=O) groups is 1. The van der Waals surface area contributed by atoms with Crippen LogP contribution in [0.25, 0.3) is 0 Å². The van der Waals surface area contributed by atoms with Gasteiger partial charge in [-0.1, -0.05) is 48.0 Å². The number of para-hydroxylation sites is 1. The van der Waals surface area contributed by atoms with Gasteiger partial charge in [-0.25, -0.2) is 12.7 Å². The molecule has 1 N–H and O–H groups in total. The van der Waals surface area contributed by atoms with Crippen LogP contribution in [0.5, 0.6) is 0 Å². The number of hydrogen-bond acceptors (Lipinski definition) is 3. The molecule has 0 atom stereocenters. The molecule has 0 aromatic heterocycles. The van der Waals surface area contributed by atoms with Crippen molar-refractivity contribution in [2.24, 2.45) is 5.92 Å². The first-order valence-electron chi connectivity index (χ1n) is 8.83. The van der Waals surface area contributed by atoms with Gasteiger partial charge in [-0.2, -0.15) is 0 Å². The Labute approximate surface area is 155 Å². The predicted molar refractivity (Wildman–Crippen MR) is 103 cm³/mol. The van der Waals surface area contributed by atoms with Crippen LogP contribution in [0.2, 0.25) is 0 Å². The van der Waals surface area contributed by atoms with Gasteiger partial charge in [-0.15, -0.1) is 0 Å². The second-order valence-electron chi connectivity index (χ2n) is 6.77. The van der Waals surface area contributed by atoms with Gasteiger partial charge in [-0.3, -0.25) is 4.79 Å². The maximum Gasteiger partial charge on any atom is 0.227 e. The summed E-state index contributed by atoms with van der Waals surface area (Å²) >= 11 is 0. The molecule has 1 fully saturated rings. The van der Waals surface area contributed by atoms with Crippen molar-refractivity contribution in [1.82, 2.24) is 4.31 Å². The molecule has 0 unspecified atom stereocenters. The maximum absolute atomic E-state index is 12.6. The van der Waals surface area contributed by atoms with Gasteiger partial charge in [0.25, 0.3) is 0 Å². The van der Waals surface area contributed by atoms with Crippen molar-refractivity contribution in [3.8, 4) is 0 Å². The Morgan fingerprint density at radius 3 is 2.27 bits per heavy atom. The van der Waals surface area contributed by atoms with Crippen LogP contribution in [0.15, 0.2) is 54.6 Å². The summed E-state index contributed by atoms with van der Waals surface area (Å²) < 4.78 is 26.8. The zero-order valence-corrected chi connectivity index (χ0v) is 15.7. The van der Waals surface area contributed by atoms with Gasteiger partial charge >= 0.3 is 0 Å². The highest BCUT2D eigenvalue weighted by atomic mass is 32.2. The zero-order valence-electron chi connectivity index (χ0n) is 14.9. The Morgan fingerprint density at radius 1 is 1.04 bits per heavy atom. The monoisotopic (exact) mass is 372 g/mol. The van der Waals surface area contributed by atoms with Gasteiger partial charge in [0.2, 0.25) is 15.9 Å². The van der Waals surface area contributed by atoms with Crippen molar-refractivity contribution >= 4 is 21.6 Å². The number of aryl methyl sites for hydroxylation is 1. The smallest absolute Gasteiger partial charge is 0.227 e. The summed E-state index contributed by atoms with van der Waals surface area (Å²) in [6, 6.07) is 16.9. The average molecular weight is 372 g/mol. The second-order valence-corrected chi connectivity index (χ2v) is 8.74. The van der Waals surface area contributed by atoms with E-state index in [1.165, 1.54) is 4.31 Å². The van der Waals surface area contributed by atoms with E-state index in [1.54, 1.807) is 0 Å². The number of anilines is 1. The van der Waals surface area contributed by atoms with E-state index in [0.717, 1.165) is 16.8 Å². The van der Waals surface area contributed by atoms with Crippen LogP contribution in [0.3, 0.4) is 0 Å². The lowest BCUT2D eigenvalue weighted by atomic mass is 9.97. The third-order valence-electron chi connectivity index (χ3n) is 4.73. The van der Waals surface area contributed by atoms with Crippen LogP contribution in [0, 0.1) is 12.8 Å². The maximum atomic E-state index is 12.6. The molecule has 1 aliphatic heterocycles. The van der Waals surface area contributed by atoms with Crippen LogP contribution in [-0.4, -0.2) is 31.7 Å². The molecule has 1 saturated heterocycles. The normalized spacial score (nSPS) is 16.3. The van der Waals surface area contributed by atoms with E-state index in [4.69, 9.17) is 0 Å². The van der Waals surface area contributed by atoms with E-state index in [1.807, 2.05) is 61.5 Å². The summed E-state index contributed by atoms with van der Waals surface area (Å²) in [5.41, 5.74) is 2.67. The largest absolute Gasteiger partial charge is 0.326 e. The minimum absolute atomic E-state index is 0.00809. The minimum atomic E-state index is -3.36. The van der Waals surface area contributed by atoms with Gasteiger partial charge < -0.3 is 5.32 Å². The average Bonchev–Trinajstić information content (AvgIpc) is 2.64. The number of hydrogen-bond donors (Lipinski definition) is 1. The molecule has 6 heteroatoms. The van der Waals surface area contributed by atoms with Crippen LogP contribution >= 0.6 is 0 Å². The molecule has 2 aromatic rings. The molecule has 1 aliphatic rings. The number of carbonyl (C=O) groups excluding carboxylic acids is 1. The number of nitrogens with zero attached hydrogens (tertiary/aromatic N) is 1. The molecule has 0 spiro atoms. The number of rotatable bonds is 5. The Morgan fingerprint density at radius 2 is 1.65 bits per heavy atom. The predicted octanol–water partition coefficient (Wildman–Crippen LogP) is 3.18. The molecule has 0 aliphatic carbocycles. The van der Waals surface area contributed by atoms with Crippen molar-refractivity contribution in [2.45, 2.75) is 25.5 Å². The zero-order chi connectivity index (χ0) is 18.6. The summed E-state index contributed by atoms with van der Waals surface area (Å²) in [7, 11) is -3.36. The van der Waals surface area contributed by atoms with Crippen LogP contribution < -0.4 is 5.32 Å². The summed E-state index contributed by atoms with van der Waals surface area (Å²) in [5.74, 6) is -0.179. The molecule has 138 valence electrons. The summed E-state index contributed by atoms with van der Waals surface area (Å²) in [6.07, 6.45) is 1.09. The molecule has 0 bridgehead atoms. The van der Waals surface area contributed by atoms with E-state index in [-0.39, 0.29) is 17.6 Å². The first-order chi connectivity index (χ1) is 12.4. The van der Waals surface area contributed by atoms with E-state index in [0.29, 0.717) is 25.9 Å². The van der Waals surface area contributed by atoms with Crippen molar-refractivity contribution in [1.29, 1.82) is 0 Å². The molecule has 1 heterocycles. The standard InChI is InChI=1S/C20H24N2O3S/c1-16-7-9-17(10-8-16)15-26(24,25)22-13-11-18(12-14-22)20(23)21-19-5-3-2-4-6-19/h2-10,18H,11-15H2,1H3,(H,21,23). The number of sulfonamides is 1. The lowest BCUT2D eigenvalue weighted by Gasteiger charge is -2.30. The number of nitrogens with one attached hydrogen (secondary N) is 1. The van der Waals surface area contributed by atoms with Gasteiger partial charge in [0.15, 0.2) is 0 Å². The number of benzene rings is 2. The lowest BCUT2D eigenvalue weighted by Crippen LogP contribution is -2.41. The summed E-state index contributed by atoms with van der Waals surface area (Å²) in [6.45, 7) is 2.76. The van der Waals surface area contributed by atoms with Gasteiger partial charge in [0.1, 0.15) is 0 Å². The van der Waals surface area contributed by atoms with E-state index in [9.17, 15) is 13.2 Å². The molecule has 0 radical (unpaired) electrons. The Balaban J connectivity index is 1.55. The summed E-state index contributed by atoms with van der Waals surface area (Å²) in [5, 5.41) is 2.90. The Bertz CT molecular complexity index is 840. The van der Waals surface area contributed by atoms with E-state index >= 15 is 0 Å². The third kappa shape index (κ3) is 4.71. The topological polar surface area (TPSA) is 66.5 Å². The molecule has 3 rings (SSSR count). The first kappa shape index (κ1) is 18.6. The SMILES string of the molecule is Cc1ccc(CS(=O)(=O)N2CCC(C(=O)Nc3ccccc3)CC2)cc1. The second kappa shape index (κ2) is 8.01. The van der Waals surface area contributed by atoms with Crippen molar-refractivity contribution in [2.75, 3.05) is 18.4 Å². The van der Waals surface area contributed by atoms with E-state index < -0.39 is 10.0 Å². The highest BCUT2D eigenvalue weighted by molar-refractivity contribution is 7.88. The first-order valence-corrected chi connectivity index (χ1v) is 10.4. The Hall–Kier alpha value is -2.18. The van der Waals surface area contributed by atoms with Crippen LogP contribution in [-0.2, 0) is 20.6 Å². The van der Waals surface area contributed by atoms with Crippen LogP contribution in [0.1, 0.15) is 24.0 Å². The molecular weight excluding hydrogens is 348 g/mol. The summed E-state index contributed by atoms with van der Waals surface area (Å²) in [4.78, 5) is 12.4. The molecule has 2 aromatic carbocycles. The fourth-order valence-corrected chi connectivity index (χ4v) is 4.71. The molecule has 5 nitrogen and oxygen atoms in total.